The van der Waals surface area contributed by atoms with Crippen molar-refractivity contribution in [3.63, 3.8) is 0 Å². The average molecular weight is 566 g/mol. The van der Waals surface area contributed by atoms with Gasteiger partial charge in [0.15, 0.2) is 0 Å². The Kier molecular flexibility index (Phi) is 7.70. The van der Waals surface area contributed by atoms with Crippen LogP contribution >= 0.6 is 0 Å². The van der Waals surface area contributed by atoms with Crippen LogP contribution in [0, 0.1) is 6.92 Å². The van der Waals surface area contributed by atoms with Crippen LogP contribution in [0.5, 0.6) is 11.5 Å². The summed E-state index contributed by atoms with van der Waals surface area (Å²) in [5.74, 6) is 0.483. The lowest BCUT2D eigenvalue weighted by Gasteiger charge is -2.19. The van der Waals surface area contributed by atoms with E-state index in [1.54, 1.807) is 12.1 Å². The van der Waals surface area contributed by atoms with Crippen molar-refractivity contribution < 1.29 is 22.6 Å². The van der Waals surface area contributed by atoms with Crippen LogP contribution in [0.25, 0.3) is 32.4 Å². The van der Waals surface area contributed by atoms with Gasteiger partial charge in [-0.25, -0.2) is 0 Å². The van der Waals surface area contributed by atoms with Gasteiger partial charge in [-0.1, -0.05) is 66.7 Å². The van der Waals surface area contributed by atoms with Crippen molar-refractivity contribution in [2.45, 2.75) is 45.6 Å². The van der Waals surface area contributed by atoms with Gasteiger partial charge < -0.3 is 9.47 Å². The second-order valence-electron chi connectivity index (χ2n) is 10.6. The molecule has 5 aromatic carbocycles. The minimum absolute atomic E-state index is 0.240. The average Bonchev–Trinajstić information content (AvgIpc) is 2.99. The number of hydrogen-bond acceptors (Lipinski definition) is 3. The molecule has 6 heteroatoms. The van der Waals surface area contributed by atoms with E-state index < -0.39 is 6.36 Å². The zero-order valence-electron chi connectivity index (χ0n) is 23.2. The molecule has 0 unspecified atom stereocenters. The van der Waals surface area contributed by atoms with Crippen molar-refractivity contribution in [3.05, 3.63) is 126 Å². The highest BCUT2D eigenvalue weighted by atomic mass is 19.4. The topological polar surface area (TPSA) is 31.4 Å². The van der Waals surface area contributed by atoms with Crippen LogP contribution in [0.3, 0.4) is 0 Å². The highest BCUT2D eigenvalue weighted by Crippen LogP contribution is 2.34. The molecule has 0 atom stereocenters. The number of hydrogen-bond donors (Lipinski definition) is 0. The molecule has 6 aromatic rings. The standard InChI is InChI=1S/C26H21F3O2.C10H9N/c27-26(28,29)31-20-9-5-17(6-10-20)16-30-21-11-14-23-19(15-21)8-13-24-22-4-2-1-3-18(22)7-12-25(23)24;1-8-6-7-9-4-2-3-5-10(9)11-8/h5-15H,1-4,16H2;2-7H,1H3. The van der Waals surface area contributed by atoms with Crippen molar-refractivity contribution in [2.75, 3.05) is 0 Å². The van der Waals surface area contributed by atoms with Crippen LogP contribution in [0.1, 0.15) is 35.2 Å². The van der Waals surface area contributed by atoms with Gasteiger partial charge in [0.25, 0.3) is 0 Å². The summed E-state index contributed by atoms with van der Waals surface area (Å²) in [6.07, 6.45) is 0.142. The molecule has 0 aliphatic heterocycles. The predicted octanol–water partition coefficient (Wildman–Crippen LogP) is 9.89. The van der Waals surface area contributed by atoms with E-state index in [0.29, 0.717) is 0 Å². The van der Waals surface area contributed by atoms with E-state index in [9.17, 15) is 13.2 Å². The molecule has 0 spiro atoms. The highest BCUT2D eigenvalue weighted by Gasteiger charge is 2.30. The van der Waals surface area contributed by atoms with Gasteiger partial charge in [0.2, 0.25) is 0 Å². The maximum atomic E-state index is 12.3. The number of aryl methyl sites for hydroxylation is 3. The number of nitrogens with zero attached hydrogens (tertiary/aromatic N) is 1. The first-order valence-corrected chi connectivity index (χ1v) is 14.1. The van der Waals surface area contributed by atoms with Crippen molar-refractivity contribution in [3.8, 4) is 11.5 Å². The van der Waals surface area contributed by atoms with Crippen LogP contribution in [-0.4, -0.2) is 11.3 Å². The lowest BCUT2D eigenvalue weighted by Crippen LogP contribution is -2.17. The van der Waals surface area contributed by atoms with Crippen LogP contribution < -0.4 is 9.47 Å². The fourth-order valence-corrected chi connectivity index (χ4v) is 5.59. The molecule has 0 saturated carbocycles. The molecule has 212 valence electrons. The number of aromatic nitrogens is 1. The summed E-state index contributed by atoms with van der Waals surface area (Å²) < 4.78 is 46.6. The molecule has 1 aliphatic carbocycles. The number of halogens is 3. The third-order valence-corrected chi connectivity index (χ3v) is 7.62. The second kappa shape index (κ2) is 11.7. The van der Waals surface area contributed by atoms with Gasteiger partial charge in [0, 0.05) is 11.1 Å². The Balaban J connectivity index is 0.000000240. The summed E-state index contributed by atoms with van der Waals surface area (Å²) in [4.78, 5) is 4.38. The summed E-state index contributed by atoms with van der Waals surface area (Å²) >= 11 is 0. The van der Waals surface area contributed by atoms with Crippen LogP contribution in [0.4, 0.5) is 13.2 Å². The first-order chi connectivity index (χ1) is 20.3. The number of benzene rings is 5. The zero-order valence-corrected chi connectivity index (χ0v) is 23.2. The van der Waals surface area contributed by atoms with E-state index in [0.717, 1.165) is 34.3 Å². The molecule has 1 heterocycles. The van der Waals surface area contributed by atoms with Gasteiger partial charge in [-0.3, -0.25) is 4.98 Å². The highest BCUT2D eigenvalue weighted by molar-refractivity contribution is 6.09. The summed E-state index contributed by atoms with van der Waals surface area (Å²) in [7, 11) is 0. The Morgan fingerprint density at radius 2 is 1.40 bits per heavy atom. The molecule has 42 heavy (non-hydrogen) atoms. The Labute approximate surface area is 242 Å². The second-order valence-corrected chi connectivity index (χ2v) is 10.6. The molecule has 7 rings (SSSR count). The molecule has 3 nitrogen and oxygen atoms in total. The maximum Gasteiger partial charge on any atom is 0.573 e. The molecule has 1 aliphatic rings. The van der Waals surface area contributed by atoms with Gasteiger partial charge in [0.05, 0.1) is 5.52 Å². The number of rotatable bonds is 4. The molecule has 0 amide bonds. The monoisotopic (exact) mass is 565 g/mol. The quantitative estimate of drug-likeness (QED) is 0.199. The first kappa shape index (κ1) is 27.6. The van der Waals surface area contributed by atoms with E-state index in [1.807, 2.05) is 43.3 Å². The van der Waals surface area contributed by atoms with Gasteiger partial charge >= 0.3 is 6.36 Å². The Bertz CT molecular complexity index is 1860. The van der Waals surface area contributed by atoms with Crippen LogP contribution in [0.2, 0.25) is 0 Å². The molecule has 0 fully saturated rings. The lowest BCUT2D eigenvalue weighted by molar-refractivity contribution is -0.274. The van der Waals surface area contributed by atoms with E-state index >= 15 is 0 Å². The number of fused-ring (bicyclic) bond motifs is 6. The fraction of sp³-hybridized carbons (Fsp3) is 0.194. The van der Waals surface area contributed by atoms with Gasteiger partial charge in [-0.2, -0.15) is 0 Å². The molecule has 0 bridgehead atoms. The van der Waals surface area contributed by atoms with E-state index in [4.69, 9.17) is 4.74 Å². The molecule has 1 aromatic heterocycles. The normalized spacial score (nSPS) is 13.0. The van der Waals surface area contributed by atoms with Crippen LogP contribution in [-0.2, 0) is 19.4 Å². The summed E-state index contributed by atoms with van der Waals surface area (Å²) in [6, 6.07) is 32.9. The third kappa shape index (κ3) is 6.33. The smallest absolute Gasteiger partial charge is 0.489 e. The van der Waals surface area contributed by atoms with E-state index in [1.165, 1.54) is 64.1 Å². The minimum Gasteiger partial charge on any atom is -0.489 e. The van der Waals surface area contributed by atoms with Crippen molar-refractivity contribution in [2.24, 2.45) is 0 Å². The van der Waals surface area contributed by atoms with Crippen LogP contribution in [0.15, 0.2) is 103 Å². The van der Waals surface area contributed by atoms with Gasteiger partial charge in [-0.05, 0) is 107 Å². The number of para-hydroxylation sites is 1. The molecule has 0 N–H and O–H groups in total. The predicted molar refractivity (Wildman–Crippen MR) is 162 cm³/mol. The van der Waals surface area contributed by atoms with Gasteiger partial charge in [-0.15, -0.1) is 13.2 Å². The number of pyridine rings is 1. The maximum absolute atomic E-state index is 12.3. The molecular formula is C36H30F3NO2. The van der Waals surface area contributed by atoms with Gasteiger partial charge in [0.1, 0.15) is 18.1 Å². The van der Waals surface area contributed by atoms with E-state index in [-0.39, 0.29) is 12.4 Å². The zero-order chi connectivity index (χ0) is 29.1. The first-order valence-electron chi connectivity index (χ1n) is 14.1. The van der Waals surface area contributed by atoms with E-state index in [2.05, 4.69) is 52.2 Å². The molecule has 0 radical (unpaired) electrons. The molecular weight excluding hydrogens is 535 g/mol. The van der Waals surface area contributed by atoms with Crippen molar-refractivity contribution in [1.29, 1.82) is 0 Å². The largest absolute Gasteiger partial charge is 0.573 e. The third-order valence-electron chi connectivity index (χ3n) is 7.62. The number of alkyl halides is 3. The van der Waals surface area contributed by atoms with Crippen molar-refractivity contribution >= 4 is 32.4 Å². The summed E-state index contributed by atoms with van der Waals surface area (Å²) in [6.45, 7) is 2.27. The minimum atomic E-state index is -4.69. The Morgan fingerprint density at radius 3 is 2.24 bits per heavy atom. The lowest BCUT2D eigenvalue weighted by atomic mass is 9.86. The SMILES string of the molecule is Cc1ccc2ccccc2n1.FC(F)(F)Oc1ccc(COc2ccc3c(ccc4c5c(ccc43)CCCC5)c2)cc1. The summed E-state index contributed by atoms with van der Waals surface area (Å²) in [5.41, 5.74) is 5.88. The Hall–Kier alpha value is -4.58. The van der Waals surface area contributed by atoms with Crippen molar-refractivity contribution in [1.82, 2.24) is 4.98 Å². The fourth-order valence-electron chi connectivity index (χ4n) is 5.59. The summed E-state index contributed by atoms with van der Waals surface area (Å²) in [5, 5.41) is 6.13. The number of ether oxygens (including phenoxy) is 2. The molecule has 0 saturated heterocycles. The Morgan fingerprint density at radius 1 is 0.690 bits per heavy atom.